The first kappa shape index (κ1) is 16.0. The Labute approximate surface area is 134 Å². The Hall–Kier alpha value is -1.33. The molecule has 0 radical (unpaired) electrons. The number of hydrogen-bond donors (Lipinski definition) is 1. The van der Waals surface area contributed by atoms with Gasteiger partial charge in [-0.15, -0.1) is 0 Å². The minimum absolute atomic E-state index is 0.769. The normalized spacial score (nSPS) is 10.9. The molecular formula is C16H22BrN3O. The zero-order valence-corrected chi connectivity index (χ0v) is 14.4. The summed E-state index contributed by atoms with van der Waals surface area (Å²) in [5, 5.41) is 3.38. The van der Waals surface area contributed by atoms with Gasteiger partial charge in [-0.2, -0.15) is 0 Å². The van der Waals surface area contributed by atoms with E-state index in [1.807, 2.05) is 13.8 Å². The summed E-state index contributed by atoms with van der Waals surface area (Å²) in [6.07, 6.45) is 3.05. The molecule has 0 unspecified atom stereocenters. The molecule has 0 amide bonds. The van der Waals surface area contributed by atoms with Crippen LogP contribution >= 0.6 is 15.9 Å². The fraction of sp³-hybridized carbons (Fsp3) is 0.438. The minimum atomic E-state index is 0.769. The van der Waals surface area contributed by atoms with Crippen molar-refractivity contribution in [3.63, 3.8) is 0 Å². The van der Waals surface area contributed by atoms with Crippen LogP contribution in [-0.2, 0) is 11.3 Å². The van der Waals surface area contributed by atoms with E-state index in [1.54, 1.807) is 0 Å². The Morgan fingerprint density at radius 1 is 1.33 bits per heavy atom. The maximum absolute atomic E-state index is 5.39. The van der Waals surface area contributed by atoms with Gasteiger partial charge in [-0.1, -0.05) is 22.0 Å². The maximum atomic E-state index is 5.39. The second kappa shape index (κ2) is 7.61. The van der Waals surface area contributed by atoms with Crippen LogP contribution in [0.1, 0.15) is 24.6 Å². The molecule has 0 atom stereocenters. The van der Waals surface area contributed by atoms with E-state index >= 15 is 0 Å². The van der Waals surface area contributed by atoms with Gasteiger partial charge in [-0.3, -0.25) is 0 Å². The highest BCUT2D eigenvalue weighted by atomic mass is 79.9. The van der Waals surface area contributed by atoms with Gasteiger partial charge in [-0.25, -0.2) is 4.98 Å². The standard InChI is InChI=1S/C16H22BrN3O/c1-4-21-9-5-8-20-11-13(3)18-16(20)19-14-7-6-12(2)15(17)10-14/h6-7,10-11H,4-5,8-9H2,1-3H3,(H,18,19). The number of benzene rings is 1. The van der Waals surface area contributed by atoms with Crippen LogP contribution in [0.3, 0.4) is 0 Å². The summed E-state index contributed by atoms with van der Waals surface area (Å²) in [5.41, 5.74) is 3.26. The van der Waals surface area contributed by atoms with Crippen LogP contribution in [-0.4, -0.2) is 22.8 Å². The number of nitrogens with zero attached hydrogens (tertiary/aromatic N) is 2. The van der Waals surface area contributed by atoms with E-state index in [0.29, 0.717) is 0 Å². The Morgan fingerprint density at radius 3 is 2.86 bits per heavy atom. The van der Waals surface area contributed by atoms with Gasteiger partial charge in [-0.05, 0) is 44.9 Å². The Morgan fingerprint density at radius 2 is 2.14 bits per heavy atom. The lowest BCUT2D eigenvalue weighted by atomic mass is 10.2. The van der Waals surface area contributed by atoms with E-state index in [-0.39, 0.29) is 0 Å². The molecule has 4 nitrogen and oxygen atoms in total. The lowest BCUT2D eigenvalue weighted by Crippen LogP contribution is -2.06. The summed E-state index contributed by atoms with van der Waals surface area (Å²) in [5.74, 6) is 0.875. The summed E-state index contributed by atoms with van der Waals surface area (Å²) in [6, 6.07) is 6.22. The molecule has 2 aromatic rings. The maximum Gasteiger partial charge on any atom is 0.207 e. The summed E-state index contributed by atoms with van der Waals surface area (Å²) < 4.78 is 8.63. The van der Waals surface area contributed by atoms with Crippen molar-refractivity contribution >= 4 is 27.6 Å². The van der Waals surface area contributed by atoms with E-state index in [4.69, 9.17) is 4.74 Å². The molecule has 1 heterocycles. The average molecular weight is 352 g/mol. The third kappa shape index (κ3) is 4.58. The monoisotopic (exact) mass is 351 g/mol. The van der Waals surface area contributed by atoms with Gasteiger partial charge in [0.2, 0.25) is 5.95 Å². The molecule has 2 rings (SSSR count). The average Bonchev–Trinajstić information content (AvgIpc) is 2.79. The molecule has 0 spiro atoms. The Bertz CT molecular complexity index is 595. The van der Waals surface area contributed by atoms with E-state index in [2.05, 4.69) is 62.1 Å². The van der Waals surface area contributed by atoms with Crippen LogP contribution in [0.25, 0.3) is 0 Å². The zero-order valence-electron chi connectivity index (χ0n) is 12.8. The molecule has 21 heavy (non-hydrogen) atoms. The molecule has 5 heteroatoms. The van der Waals surface area contributed by atoms with E-state index < -0.39 is 0 Å². The third-order valence-electron chi connectivity index (χ3n) is 3.22. The predicted molar refractivity (Wildman–Crippen MR) is 90.2 cm³/mol. The third-order valence-corrected chi connectivity index (χ3v) is 4.07. The number of aromatic nitrogens is 2. The molecule has 0 fully saturated rings. The largest absolute Gasteiger partial charge is 0.382 e. The molecule has 1 aromatic carbocycles. The van der Waals surface area contributed by atoms with Crippen molar-refractivity contribution in [1.29, 1.82) is 0 Å². The predicted octanol–water partition coefficient (Wildman–Crippen LogP) is 4.43. The van der Waals surface area contributed by atoms with Crippen molar-refractivity contribution in [2.45, 2.75) is 33.7 Å². The van der Waals surface area contributed by atoms with Gasteiger partial charge >= 0.3 is 0 Å². The quantitative estimate of drug-likeness (QED) is 0.749. The van der Waals surface area contributed by atoms with Gasteiger partial charge in [0.25, 0.3) is 0 Å². The summed E-state index contributed by atoms with van der Waals surface area (Å²) in [4.78, 5) is 4.55. The molecular weight excluding hydrogens is 330 g/mol. The molecule has 0 saturated heterocycles. The lowest BCUT2D eigenvalue weighted by Gasteiger charge is -2.10. The summed E-state index contributed by atoms with van der Waals surface area (Å²) >= 11 is 3.56. The number of anilines is 2. The van der Waals surface area contributed by atoms with Gasteiger partial charge in [0.05, 0.1) is 5.69 Å². The molecule has 114 valence electrons. The number of rotatable bonds is 7. The number of aryl methyl sites for hydroxylation is 3. The van der Waals surface area contributed by atoms with Gasteiger partial charge in [0.15, 0.2) is 0 Å². The van der Waals surface area contributed by atoms with Crippen LogP contribution in [0.15, 0.2) is 28.9 Å². The first-order valence-electron chi connectivity index (χ1n) is 7.25. The molecule has 1 N–H and O–H groups in total. The Balaban J connectivity index is 2.06. The summed E-state index contributed by atoms with van der Waals surface area (Å²) in [6.45, 7) is 8.55. The smallest absolute Gasteiger partial charge is 0.207 e. The van der Waals surface area contributed by atoms with E-state index in [9.17, 15) is 0 Å². The fourth-order valence-corrected chi connectivity index (χ4v) is 2.48. The number of imidazole rings is 1. The topological polar surface area (TPSA) is 39.1 Å². The Kier molecular flexibility index (Phi) is 5.82. The van der Waals surface area contributed by atoms with Crippen molar-refractivity contribution in [2.75, 3.05) is 18.5 Å². The highest BCUT2D eigenvalue weighted by molar-refractivity contribution is 9.10. The molecule has 0 aliphatic rings. The highest BCUT2D eigenvalue weighted by Gasteiger charge is 2.06. The first-order chi connectivity index (χ1) is 10.1. The number of halogens is 1. The van der Waals surface area contributed by atoms with Crippen molar-refractivity contribution in [2.24, 2.45) is 0 Å². The van der Waals surface area contributed by atoms with Crippen LogP contribution in [0, 0.1) is 13.8 Å². The fourth-order valence-electron chi connectivity index (χ4n) is 2.10. The van der Waals surface area contributed by atoms with Gasteiger partial charge in [0.1, 0.15) is 0 Å². The SMILES string of the molecule is CCOCCCn1cc(C)nc1Nc1ccc(C)c(Br)c1. The first-order valence-corrected chi connectivity index (χ1v) is 8.04. The molecule has 0 aliphatic heterocycles. The van der Waals surface area contributed by atoms with Crippen LogP contribution < -0.4 is 5.32 Å². The van der Waals surface area contributed by atoms with Gasteiger partial charge in [0, 0.05) is 36.1 Å². The van der Waals surface area contributed by atoms with E-state index in [1.165, 1.54) is 5.56 Å². The lowest BCUT2D eigenvalue weighted by molar-refractivity contribution is 0.142. The molecule has 1 aromatic heterocycles. The van der Waals surface area contributed by atoms with Crippen molar-refractivity contribution in [3.05, 3.63) is 40.1 Å². The second-order valence-electron chi connectivity index (χ2n) is 5.04. The molecule has 0 saturated carbocycles. The van der Waals surface area contributed by atoms with Crippen molar-refractivity contribution in [3.8, 4) is 0 Å². The van der Waals surface area contributed by atoms with Crippen molar-refractivity contribution in [1.82, 2.24) is 9.55 Å². The molecule has 0 aliphatic carbocycles. The van der Waals surface area contributed by atoms with E-state index in [0.717, 1.165) is 48.0 Å². The second-order valence-corrected chi connectivity index (χ2v) is 5.89. The number of hydrogen-bond acceptors (Lipinski definition) is 3. The summed E-state index contributed by atoms with van der Waals surface area (Å²) in [7, 11) is 0. The van der Waals surface area contributed by atoms with Gasteiger partial charge < -0.3 is 14.6 Å². The van der Waals surface area contributed by atoms with Crippen LogP contribution in [0.4, 0.5) is 11.6 Å². The van der Waals surface area contributed by atoms with Crippen molar-refractivity contribution < 1.29 is 4.74 Å². The molecule has 0 bridgehead atoms. The number of ether oxygens (including phenoxy) is 1. The van der Waals surface area contributed by atoms with Crippen LogP contribution in [0.2, 0.25) is 0 Å². The van der Waals surface area contributed by atoms with Crippen LogP contribution in [0.5, 0.6) is 0 Å². The minimum Gasteiger partial charge on any atom is -0.382 e. The zero-order chi connectivity index (χ0) is 15.2. The number of nitrogens with one attached hydrogen (secondary N) is 1. The highest BCUT2D eigenvalue weighted by Crippen LogP contribution is 2.23.